The minimum Gasteiger partial charge on any atom is -0.320 e. The van der Waals surface area contributed by atoms with Gasteiger partial charge < -0.3 is 5.32 Å². The van der Waals surface area contributed by atoms with E-state index in [9.17, 15) is 9.18 Å². The van der Waals surface area contributed by atoms with Gasteiger partial charge >= 0.3 is 0 Å². The highest BCUT2D eigenvalue weighted by Gasteiger charge is 2.28. The largest absolute Gasteiger partial charge is 0.320 e. The number of hydrogen-bond acceptors (Lipinski definition) is 5. The average molecular weight is 403 g/mol. The molecule has 1 aliphatic rings. The van der Waals surface area contributed by atoms with Crippen molar-refractivity contribution >= 4 is 11.6 Å². The van der Waals surface area contributed by atoms with Crippen molar-refractivity contribution in [2.45, 2.75) is 26.2 Å². The third-order valence-corrected chi connectivity index (χ3v) is 5.24. The minimum absolute atomic E-state index is 0.311. The molecule has 1 aliphatic carbocycles. The van der Waals surface area contributed by atoms with E-state index < -0.39 is 0 Å². The van der Waals surface area contributed by atoms with Gasteiger partial charge in [0.1, 0.15) is 11.5 Å². The van der Waals surface area contributed by atoms with Crippen LogP contribution < -0.4 is 5.32 Å². The summed E-state index contributed by atoms with van der Waals surface area (Å²) in [7, 11) is 0. The first kappa shape index (κ1) is 18.2. The average Bonchev–Trinajstić information content (AvgIpc) is 3.47. The number of nitrogens with one attached hydrogen (secondary N) is 2. The maximum absolute atomic E-state index is 14.6. The molecule has 2 aromatic carbocycles. The fourth-order valence-electron chi connectivity index (χ4n) is 3.85. The summed E-state index contributed by atoms with van der Waals surface area (Å²) in [6.07, 6.45) is 2.39. The molecule has 2 N–H and O–H groups in total. The zero-order valence-electron chi connectivity index (χ0n) is 16.2. The summed E-state index contributed by atoms with van der Waals surface area (Å²) < 4.78 is 16.2. The van der Waals surface area contributed by atoms with Crippen LogP contribution in [0.15, 0.2) is 42.5 Å². The Morgan fingerprint density at radius 2 is 2.07 bits per heavy atom. The molecule has 5 rings (SSSR count). The van der Waals surface area contributed by atoms with Crippen molar-refractivity contribution in [1.29, 1.82) is 0 Å². The molecule has 0 spiro atoms. The Hall–Kier alpha value is -3.88. The van der Waals surface area contributed by atoms with Crippen LogP contribution in [-0.2, 0) is 12.8 Å². The number of benzene rings is 2. The first-order valence-electron chi connectivity index (χ1n) is 9.63. The number of amides is 1. The van der Waals surface area contributed by atoms with E-state index >= 15 is 0 Å². The SMILES string of the molecule is Cc1ccc(-n2nc(C(=O)Nc3ccccc3-c3nn[nH]n3)c3c2CCC3)c(F)c1. The van der Waals surface area contributed by atoms with Crippen molar-refractivity contribution in [3.05, 3.63) is 70.8 Å². The molecule has 2 heterocycles. The lowest BCUT2D eigenvalue weighted by molar-refractivity contribution is 0.102. The van der Waals surface area contributed by atoms with Crippen LogP contribution in [0.25, 0.3) is 17.1 Å². The summed E-state index contributed by atoms with van der Waals surface area (Å²) in [5.74, 6) is -0.333. The van der Waals surface area contributed by atoms with Gasteiger partial charge in [-0.3, -0.25) is 4.79 Å². The number of anilines is 1. The lowest BCUT2D eigenvalue weighted by Crippen LogP contribution is -2.15. The number of aryl methyl sites for hydroxylation is 1. The Balaban J connectivity index is 1.53. The van der Waals surface area contributed by atoms with Crippen molar-refractivity contribution in [2.75, 3.05) is 5.32 Å². The summed E-state index contributed by atoms with van der Waals surface area (Å²) in [5, 5.41) is 21.4. The molecule has 0 radical (unpaired) electrons. The van der Waals surface area contributed by atoms with Gasteiger partial charge in [0.15, 0.2) is 5.69 Å². The van der Waals surface area contributed by atoms with Gasteiger partial charge in [-0.15, -0.1) is 10.2 Å². The molecular formula is C21H18FN7O. The highest BCUT2D eigenvalue weighted by Crippen LogP contribution is 2.30. The Kier molecular flexibility index (Phi) is 4.35. The number of aromatic nitrogens is 6. The summed E-state index contributed by atoms with van der Waals surface area (Å²) in [6.45, 7) is 1.83. The number of carbonyl (C=O) groups excluding carboxylic acids is 1. The van der Waals surface area contributed by atoms with Crippen molar-refractivity contribution in [2.24, 2.45) is 0 Å². The van der Waals surface area contributed by atoms with Gasteiger partial charge in [0, 0.05) is 16.8 Å². The molecule has 4 aromatic rings. The zero-order chi connectivity index (χ0) is 20.7. The summed E-state index contributed by atoms with van der Waals surface area (Å²) >= 11 is 0. The van der Waals surface area contributed by atoms with E-state index in [1.807, 2.05) is 25.1 Å². The predicted molar refractivity (Wildman–Crippen MR) is 108 cm³/mol. The first-order chi connectivity index (χ1) is 14.6. The van der Waals surface area contributed by atoms with Crippen LogP contribution in [0.5, 0.6) is 0 Å². The molecule has 9 heteroatoms. The fourth-order valence-corrected chi connectivity index (χ4v) is 3.85. The smallest absolute Gasteiger partial charge is 0.276 e. The maximum atomic E-state index is 14.6. The second-order valence-corrected chi connectivity index (χ2v) is 7.23. The fraction of sp³-hybridized carbons (Fsp3) is 0.190. The molecule has 0 aliphatic heterocycles. The first-order valence-corrected chi connectivity index (χ1v) is 9.63. The van der Waals surface area contributed by atoms with Gasteiger partial charge in [0.2, 0.25) is 5.82 Å². The minimum atomic E-state index is -0.360. The van der Waals surface area contributed by atoms with Crippen molar-refractivity contribution in [3.63, 3.8) is 0 Å². The monoisotopic (exact) mass is 403 g/mol. The zero-order valence-corrected chi connectivity index (χ0v) is 16.2. The highest BCUT2D eigenvalue weighted by molar-refractivity contribution is 6.06. The number of nitrogens with zero attached hydrogens (tertiary/aromatic N) is 5. The third-order valence-electron chi connectivity index (χ3n) is 5.24. The van der Waals surface area contributed by atoms with E-state index in [2.05, 4.69) is 31.0 Å². The van der Waals surface area contributed by atoms with Gasteiger partial charge in [0.05, 0.1) is 5.69 Å². The van der Waals surface area contributed by atoms with Gasteiger partial charge in [0.25, 0.3) is 5.91 Å². The normalized spacial score (nSPS) is 12.7. The summed E-state index contributed by atoms with van der Waals surface area (Å²) in [5.41, 5.74) is 4.43. The molecule has 1 amide bonds. The van der Waals surface area contributed by atoms with E-state index in [1.165, 1.54) is 6.07 Å². The number of para-hydroxylation sites is 1. The van der Waals surface area contributed by atoms with Gasteiger partial charge in [-0.1, -0.05) is 18.2 Å². The topological polar surface area (TPSA) is 101 Å². The Morgan fingerprint density at radius 3 is 2.87 bits per heavy atom. The van der Waals surface area contributed by atoms with Gasteiger partial charge in [-0.05, 0) is 61.2 Å². The molecule has 2 aromatic heterocycles. The molecule has 0 saturated heterocycles. The number of halogens is 1. The molecule has 30 heavy (non-hydrogen) atoms. The van der Waals surface area contributed by atoms with E-state index in [0.717, 1.165) is 36.1 Å². The second kappa shape index (κ2) is 7.18. The summed E-state index contributed by atoms with van der Waals surface area (Å²) in [6, 6.07) is 12.2. The van der Waals surface area contributed by atoms with E-state index in [0.29, 0.717) is 28.5 Å². The van der Waals surface area contributed by atoms with Gasteiger partial charge in [-0.25, -0.2) is 9.07 Å². The van der Waals surface area contributed by atoms with Crippen LogP contribution in [0, 0.1) is 12.7 Å². The molecule has 8 nitrogen and oxygen atoms in total. The van der Waals surface area contributed by atoms with Crippen molar-refractivity contribution < 1.29 is 9.18 Å². The number of tetrazole rings is 1. The number of H-pyrrole nitrogens is 1. The molecule has 0 atom stereocenters. The lowest BCUT2D eigenvalue weighted by Gasteiger charge is -2.08. The Morgan fingerprint density at radius 1 is 1.20 bits per heavy atom. The molecule has 150 valence electrons. The van der Waals surface area contributed by atoms with E-state index in [-0.39, 0.29) is 11.7 Å². The van der Waals surface area contributed by atoms with Crippen LogP contribution in [0.4, 0.5) is 10.1 Å². The highest BCUT2D eigenvalue weighted by atomic mass is 19.1. The number of rotatable bonds is 4. The second-order valence-electron chi connectivity index (χ2n) is 7.23. The van der Waals surface area contributed by atoms with E-state index in [4.69, 9.17) is 0 Å². The number of carbonyl (C=O) groups is 1. The quantitative estimate of drug-likeness (QED) is 0.545. The van der Waals surface area contributed by atoms with Crippen LogP contribution in [0.3, 0.4) is 0 Å². The van der Waals surface area contributed by atoms with Crippen LogP contribution >= 0.6 is 0 Å². The summed E-state index contributed by atoms with van der Waals surface area (Å²) in [4.78, 5) is 13.1. The third kappa shape index (κ3) is 3.04. The molecule has 0 unspecified atom stereocenters. The lowest BCUT2D eigenvalue weighted by atomic mass is 10.1. The maximum Gasteiger partial charge on any atom is 0.276 e. The number of aromatic amines is 1. The van der Waals surface area contributed by atoms with Crippen molar-refractivity contribution in [3.8, 4) is 17.1 Å². The Bertz CT molecular complexity index is 1250. The molecular weight excluding hydrogens is 385 g/mol. The molecule has 0 bridgehead atoms. The van der Waals surface area contributed by atoms with Crippen molar-refractivity contribution in [1.82, 2.24) is 30.4 Å². The van der Waals surface area contributed by atoms with Crippen LogP contribution in [0.1, 0.15) is 33.7 Å². The van der Waals surface area contributed by atoms with Crippen LogP contribution in [0.2, 0.25) is 0 Å². The standard InChI is InChI=1S/C21H18FN7O/c1-12-9-10-18(15(22)11-12)29-17-8-4-6-14(17)19(26-29)21(30)23-16-7-3-2-5-13(16)20-24-27-28-25-20/h2-3,5,7,9-11H,4,6,8H2,1H3,(H,23,30)(H,24,25,27,28). The van der Waals surface area contributed by atoms with Gasteiger partial charge in [-0.2, -0.15) is 10.3 Å². The van der Waals surface area contributed by atoms with Crippen LogP contribution in [-0.4, -0.2) is 36.3 Å². The van der Waals surface area contributed by atoms with E-state index in [1.54, 1.807) is 22.9 Å². The Labute approximate surface area is 171 Å². The molecule has 0 saturated carbocycles. The molecule has 0 fully saturated rings. The number of hydrogen-bond donors (Lipinski definition) is 2. The predicted octanol–water partition coefficient (Wildman–Crippen LogP) is 3.24. The number of fused-ring (bicyclic) bond motifs is 1.